The maximum absolute atomic E-state index is 11.9. The first kappa shape index (κ1) is 16.5. The second-order valence-corrected chi connectivity index (χ2v) is 5.56. The van der Waals surface area contributed by atoms with E-state index in [-0.39, 0.29) is 5.91 Å². The standard InChI is InChI=1S/C16H26N2O2/c1-12(2)13-6-7-14(15(10-13)20-5)11-16(19)17-8-9-18(3)4/h6-7,10,12H,8-9,11H2,1-5H3,(H,17,19). The van der Waals surface area contributed by atoms with Gasteiger partial charge in [-0.15, -0.1) is 0 Å². The van der Waals surface area contributed by atoms with Crippen molar-refractivity contribution in [3.05, 3.63) is 29.3 Å². The lowest BCUT2D eigenvalue weighted by Gasteiger charge is -2.13. The number of carbonyl (C=O) groups excluding carboxylic acids is 1. The Morgan fingerprint density at radius 2 is 2.05 bits per heavy atom. The van der Waals surface area contributed by atoms with Crippen LogP contribution in [0.1, 0.15) is 30.9 Å². The first-order valence-electron chi connectivity index (χ1n) is 7.02. The lowest BCUT2D eigenvalue weighted by molar-refractivity contribution is -0.120. The molecule has 20 heavy (non-hydrogen) atoms. The molecule has 0 aliphatic carbocycles. The summed E-state index contributed by atoms with van der Waals surface area (Å²) in [6.07, 6.45) is 0.356. The molecule has 0 unspecified atom stereocenters. The molecule has 0 aromatic heterocycles. The van der Waals surface area contributed by atoms with E-state index < -0.39 is 0 Å². The van der Waals surface area contributed by atoms with Gasteiger partial charge in [-0.05, 0) is 31.6 Å². The minimum Gasteiger partial charge on any atom is -0.496 e. The van der Waals surface area contributed by atoms with Crippen molar-refractivity contribution in [2.45, 2.75) is 26.2 Å². The number of nitrogens with zero attached hydrogens (tertiary/aromatic N) is 1. The fraction of sp³-hybridized carbons (Fsp3) is 0.562. The number of carbonyl (C=O) groups is 1. The van der Waals surface area contributed by atoms with Gasteiger partial charge in [-0.2, -0.15) is 0 Å². The highest BCUT2D eigenvalue weighted by atomic mass is 16.5. The molecule has 0 saturated heterocycles. The number of methoxy groups -OCH3 is 1. The predicted octanol–water partition coefficient (Wildman–Crippen LogP) is 2.04. The lowest BCUT2D eigenvalue weighted by atomic mass is 9.99. The van der Waals surface area contributed by atoms with E-state index >= 15 is 0 Å². The molecule has 1 rings (SSSR count). The van der Waals surface area contributed by atoms with Gasteiger partial charge in [0.15, 0.2) is 0 Å². The molecule has 0 aliphatic rings. The van der Waals surface area contributed by atoms with E-state index in [1.165, 1.54) is 5.56 Å². The molecule has 0 heterocycles. The van der Waals surface area contributed by atoms with Crippen LogP contribution in [0.25, 0.3) is 0 Å². The van der Waals surface area contributed by atoms with Crippen LogP contribution in [0.2, 0.25) is 0 Å². The molecular weight excluding hydrogens is 252 g/mol. The van der Waals surface area contributed by atoms with Gasteiger partial charge in [-0.3, -0.25) is 4.79 Å². The van der Waals surface area contributed by atoms with Crippen LogP contribution >= 0.6 is 0 Å². The Balaban J connectivity index is 2.65. The van der Waals surface area contributed by atoms with Crippen molar-refractivity contribution in [2.24, 2.45) is 0 Å². The number of ether oxygens (including phenoxy) is 1. The quantitative estimate of drug-likeness (QED) is 0.830. The first-order valence-corrected chi connectivity index (χ1v) is 7.02. The molecule has 0 bridgehead atoms. The van der Waals surface area contributed by atoms with Gasteiger partial charge in [0.05, 0.1) is 13.5 Å². The molecular formula is C16H26N2O2. The molecule has 4 nitrogen and oxygen atoms in total. The van der Waals surface area contributed by atoms with Crippen LogP contribution in [-0.2, 0) is 11.2 Å². The van der Waals surface area contributed by atoms with Crippen LogP contribution in [0.3, 0.4) is 0 Å². The van der Waals surface area contributed by atoms with Crippen LogP contribution in [0, 0.1) is 0 Å². The van der Waals surface area contributed by atoms with Crippen molar-refractivity contribution < 1.29 is 9.53 Å². The average Bonchev–Trinajstić information content (AvgIpc) is 2.38. The fourth-order valence-electron chi connectivity index (χ4n) is 1.92. The number of hydrogen-bond donors (Lipinski definition) is 1. The Bertz CT molecular complexity index is 442. The van der Waals surface area contributed by atoms with Crippen molar-refractivity contribution in [1.29, 1.82) is 0 Å². The summed E-state index contributed by atoms with van der Waals surface area (Å²) in [4.78, 5) is 13.9. The zero-order valence-corrected chi connectivity index (χ0v) is 13.2. The van der Waals surface area contributed by atoms with E-state index in [1.54, 1.807) is 7.11 Å². The van der Waals surface area contributed by atoms with Gasteiger partial charge in [0.25, 0.3) is 0 Å². The van der Waals surface area contributed by atoms with E-state index in [0.29, 0.717) is 18.9 Å². The van der Waals surface area contributed by atoms with Crippen LogP contribution in [-0.4, -0.2) is 45.1 Å². The monoisotopic (exact) mass is 278 g/mol. The molecule has 0 atom stereocenters. The molecule has 0 aliphatic heterocycles. The van der Waals surface area contributed by atoms with Crippen molar-refractivity contribution in [2.75, 3.05) is 34.3 Å². The lowest BCUT2D eigenvalue weighted by Crippen LogP contribution is -2.32. The van der Waals surface area contributed by atoms with Gasteiger partial charge < -0.3 is 15.0 Å². The largest absolute Gasteiger partial charge is 0.496 e. The van der Waals surface area contributed by atoms with Gasteiger partial charge in [-0.25, -0.2) is 0 Å². The highest BCUT2D eigenvalue weighted by Gasteiger charge is 2.10. The Morgan fingerprint density at radius 3 is 2.60 bits per heavy atom. The van der Waals surface area contributed by atoms with Gasteiger partial charge >= 0.3 is 0 Å². The number of likely N-dealkylation sites (N-methyl/N-ethyl adjacent to an activating group) is 1. The molecule has 112 valence electrons. The summed E-state index contributed by atoms with van der Waals surface area (Å²) in [6.45, 7) is 5.79. The average molecular weight is 278 g/mol. The molecule has 4 heteroatoms. The summed E-state index contributed by atoms with van der Waals surface area (Å²) in [7, 11) is 5.62. The molecule has 0 saturated carbocycles. The van der Waals surface area contributed by atoms with Gasteiger partial charge in [0.2, 0.25) is 5.91 Å². The zero-order valence-electron chi connectivity index (χ0n) is 13.2. The summed E-state index contributed by atoms with van der Waals surface area (Å²) in [5, 5.41) is 2.92. The number of nitrogens with one attached hydrogen (secondary N) is 1. The van der Waals surface area contributed by atoms with Crippen LogP contribution in [0.15, 0.2) is 18.2 Å². The molecule has 0 spiro atoms. The van der Waals surface area contributed by atoms with Crippen molar-refractivity contribution in [3.63, 3.8) is 0 Å². The van der Waals surface area contributed by atoms with Crippen LogP contribution in [0.4, 0.5) is 0 Å². The molecule has 1 amide bonds. The number of amides is 1. The van der Waals surface area contributed by atoms with Crippen LogP contribution < -0.4 is 10.1 Å². The number of rotatable bonds is 7. The second-order valence-electron chi connectivity index (χ2n) is 5.56. The molecule has 1 aromatic rings. The highest BCUT2D eigenvalue weighted by molar-refractivity contribution is 5.79. The molecule has 0 radical (unpaired) electrons. The summed E-state index contributed by atoms with van der Waals surface area (Å²) in [5.74, 6) is 1.27. The van der Waals surface area contributed by atoms with Gasteiger partial charge in [0, 0.05) is 18.7 Å². The second kappa shape index (κ2) is 7.90. The third-order valence-electron chi connectivity index (χ3n) is 3.21. The third kappa shape index (κ3) is 5.21. The Morgan fingerprint density at radius 1 is 1.35 bits per heavy atom. The summed E-state index contributed by atoms with van der Waals surface area (Å²) in [5.41, 5.74) is 2.15. The Hall–Kier alpha value is -1.55. The van der Waals surface area contributed by atoms with Gasteiger partial charge in [-0.1, -0.05) is 26.0 Å². The van der Waals surface area contributed by atoms with E-state index in [0.717, 1.165) is 17.9 Å². The third-order valence-corrected chi connectivity index (χ3v) is 3.21. The summed E-state index contributed by atoms with van der Waals surface area (Å²) >= 11 is 0. The van der Waals surface area contributed by atoms with E-state index in [1.807, 2.05) is 31.1 Å². The number of hydrogen-bond acceptors (Lipinski definition) is 3. The SMILES string of the molecule is COc1cc(C(C)C)ccc1CC(=O)NCCN(C)C. The molecule has 1 N–H and O–H groups in total. The van der Waals surface area contributed by atoms with Crippen molar-refractivity contribution in [1.82, 2.24) is 10.2 Å². The summed E-state index contributed by atoms with van der Waals surface area (Å²) in [6, 6.07) is 6.07. The summed E-state index contributed by atoms with van der Waals surface area (Å²) < 4.78 is 5.39. The van der Waals surface area contributed by atoms with Crippen LogP contribution in [0.5, 0.6) is 5.75 Å². The van der Waals surface area contributed by atoms with Crippen molar-refractivity contribution >= 4 is 5.91 Å². The minimum absolute atomic E-state index is 0.0300. The Kier molecular flexibility index (Phi) is 6.52. The van der Waals surface area contributed by atoms with E-state index in [9.17, 15) is 4.79 Å². The highest BCUT2D eigenvalue weighted by Crippen LogP contribution is 2.25. The van der Waals surface area contributed by atoms with Gasteiger partial charge in [0.1, 0.15) is 5.75 Å². The fourth-order valence-corrected chi connectivity index (χ4v) is 1.92. The minimum atomic E-state index is 0.0300. The first-order chi connectivity index (χ1) is 9.43. The van der Waals surface area contributed by atoms with Crippen molar-refractivity contribution in [3.8, 4) is 5.75 Å². The molecule has 0 fully saturated rings. The van der Waals surface area contributed by atoms with E-state index in [2.05, 4.69) is 25.2 Å². The predicted molar refractivity (Wildman–Crippen MR) is 82.4 cm³/mol. The topological polar surface area (TPSA) is 41.6 Å². The molecule has 1 aromatic carbocycles. The van der Waals surface area contributed by atoms with E-state index in [4.69, 9.17) is 4.74 Å². The number of benzene rings is 1. The maximum atomic E-state index is 11.9. The smallest absolute Gasteiger partial charge is 0.224 e. The zero-order chi connectivity index (χ0) is 15.1. The maximum Gasteiger partial charge on any atom is 0.224 e. The normalized spacial score (nSPS) is 10.9. The Labute approximate surface area is 122 Å².